The highest BCUT2D eigenvalue weighted by Gasteiger charge is 2.31. The van der Waals surface area contributed by atoms with Crippen LogP contribution in [0.2, 0.25) is 0 Å². The van der Waals surface area contributed by atoms with Gasteiger partial charge in [-0.25, -0.2) is 8.78 Å². The number of anilines is 2. The first kappa shape index (κ1) is 20.6. The molecule has 0 spiro atoms. The molecule has 166 valence electrons. The number of fused-ring (bicyclic) bond motifs is 2. The summed E-state index contributed by atoms with van der Waals surface area (Å²) in [7, 11) is 0. The van der Waals surface area contributed by atoms with Crippen molar-refractivity contribution in [2.75, 3.05) is 31.1 Å². The van der Waals surface area contributed by atoms with Gasteiger partial charge in [0.15, 0.2) is 5.82 Å². The van der Waals surface area contributed by atoms with Gasteiger partial charge in [0.1, 0.15) is 0 Å². The van der Waals surface area contributed by atoms with E-state index in [1.54, 1.807) is 13.0 Å². The summed E-state index contributed by atoms with van der Waals surface area (Å²) >= 11 is 0. The lowest BCUT2D eigenvalue weighted by Crippen LogP contribution is -2.32. The highest BCUT2D eigenvalue weighted by atomic mass is 19.3. The van der Waals surface area contributed by atoms with Crippen LogP contribution >= 0.6 is 0 Å². The molecular weight excluding hydrogens is 396 g/mol. The maximum absolute atomic E-state index is 13.9. The fourth-order valence-electron chi connectivity index (χ4n) is 5.35. The summed E-state index contributed by atoms with van der Waals surface area (Å²) in [5.74, 6) is 0.949. The zero-order valence-electron chi connectivity index (χ0n) is 18.2. The Kier molecular flexibility index (Phi) is 5.56. The van der Waals surface area contributed by atoms with Crippen LogP contribution in [0.4, 0.5) is 20.3 Å². The minimum atomic E-state index is -2.52. The van der Waals surface area contributed by atoms with E-state index in [1.807, 2.05) is 6.07 Å². The predicted octanol–water partition coefficient (Wildman–Crippen LogP) is 4.51. The van der Waals surface area contributed by atoms with Crippen molar-refractivity contribution in [1.29, 1.82) is 0 Å². The largest absolute Gasteiger partial charge is 0.324 e. The molecule has 5 nitrogen and oxygen atoms in total. The molecule has 0 radical (unpaired) electrons. The van der Waals surface area contributed by atoms with E-state index in [0.29, 0.717) is 17.2 Å². The second kappa shape index (κ2) is 8.36. The van der Waals surface area contributed by atoms with Gasteiger partial charge in [-0.15, -0.1) is 0 Å². The summed E-state index contributed by atoms with van der Waals surface area (Å²) in [6, 6.07) is 4.03. The molecular formula is C24H31F2N5. The summed E-state index contributed by atoms with van der Waals surface area (Å²) in [5.41, 5.74) is 5.90. The molecule has 0 unspecified atom stereocenters. The molecule has 31 heavy (non-hydrogen) atoms. The van der Waals surface area contributed by atoms with Gasteiger partial charge >= 0.3 is 0 Å². The van der Waals surface area contributed by atoms with Gasteiger partial charge in [0, 0.05) is 48.6 Å². The van der Waals surface area contributed by atoms with Crippen molar-refractivity contribution in [3.63, 3.8) is 0 Å². The molecule has 2 N–H and O–H groups in total. The molecule has 3 aliphatic heterocycles. The molecule has 7 heteroatoms. The van der Waals surface area contributed by atoms with E-state index in [0.717, 1.165) is 81.9 Å². The third-order valence-corrected chi connectivity index (χ3v) is 6.91. The highest BCUT2D eigenvalue weighted by Crippen LogP contribution is 2.41. The number of nitrogens with zero attached hydrogens (tertiary/aromatic N) is 3. The number of rotatable bonds is 4. The van der Waals surface area contributed by atoms with Crippen LogP contribution in [0.15, 0.2) is 18.7 Å². The summed E-state index contributed by atoms with van der Waals surface area (Å²) in [6.07, 6.45) is 2.47. The van der Waals surface area contributed by atoms with Crippen LogP contribution < -0.4 is 15.5 Å². The standard InChI is InChI=1S/C24H31F2N5/c1-15(2)18-12-16-4-3-11-30(22(16)13-19(18)23(25)26)24-20-14-28-10-7-21(20)31(29-24)17-5-8-27-9-6-17/h12-13,17,23,27-28H,1,3-11,14H2,2H3. The van der Waals surface area contributed by atoms with Crippen LogP contribution in [0.5, 0.6) is 0 Å². The fourth-order valence-corrected chi connectivity index (χ4v) is 5.35. The van der Waals surface area contributed by atoms with Gasteiger partial charge in [0.05, 0.1) is 6.04 Å². The van der Waals surface area contributed by atoms with Gasteiger partial charge in [0.2, 0.25) is 0 Å². The Morgan fingerprint density at radius 1 is 1.16 bits per heavy atom. The summed E-state index contributed by atoms with van der Waals surface area (Å²) in [5, 5.41) is 12.1. The second-order valence-electron chi connectivity index (χ2n) is 9.01. The van der Waals surface area contributed by atoms with Crippen molar-refractivity contribution in [2.24, 2.45) is 0 Å². The second-order valence-corrected chi connectivity index (χ2v) is 9.01. The Morgan fingerprint density at radius 2 is 1.97 bits per heavy atom. The first-order valence-corrected chi connectivity index (χ1v) is 11.4. The normalized spacial score (nSPS) is 19.4. The van der Waals surface area contributed by atoms with Crippen molar-refractivity contribution in [2.45, 2.75) is 58.0 Å². The van der Waals surface area contributed by atoms with E-state index < -0.39 is 6.43 Å². The highest BCUT2D eigenvalue weighted by molar-refractivity contribution is 5.75. The Balaban J connectivity index is 1.61. The van der Waals surface area contributed by atoms with E-state index in [2.05, 4.69) is 26.8 Å². The minimum Gasteiger partial charge on any atom is -0.324 e. The number of hydrogen-bond acceptors (Lipinski definition) is 4. The Bertz CT molecular complexity index is 990. The van der Waals surface area contributed by atoms with Crippen LogP contribution in [0, 0.1) is 0 Å². The third kappa shape index (κ3) is 3.68. The maximum atomic E-state index is 13.9. The van der Waals surface area contributed by atoms with Crippen LogP contribution in [0.3, 0.4) is 0 Å². The Morgan fingerprint density at radius 3 is 2.71 bits per heavy atom. The van der Waals surface area contributed by atoms with Crippen molar-refractivity contribution in [3.05, 3.63) is 46.7 Å². The molecule has 0 atom stereocenters. The van der Waals surface area contributed by atoms with E-state index >= 15 is 0 Å². The number of hydrogen-bond donors (Lipinski definition) is 2. The SMILES string of the molecule is C=C(C)c1cc2c(cc1C(F)F)N(c1nn(C3CCNCC3)c3c1CNCC3)CCC2. The number of aryl methyl sites for hydroxylation is 1. The topological polar surface area (TPSA) is 45.1 Å². The fraction of sp³-hybridized carbons (Fsp3) is 0.542. The van der Waals surface area contributed by atoms with Gasteiger partial charge in [-0.3, -0.25) is 4.68 Å². The molecule has 0 bridgehead atoms. The van der Waals surface area contributed by atoms with Gasteiger partial charge < -0.3 is 15.5 Å². The summed E-state index contributed by atoms with van der Waals surface area (Å²) < 4.78 is 30.1. The van der Waals surface area contributed by atoms with Crippen molar-refractivity contribution < 1.29 is 8.78 Å². The molecule has 1 fully saturated rings. The zero-order chi connectivity index (χ0) is 21.5. The van der Waals surface area contributed by atoms with Crippen molar-refractivity contribution >= 4 is 17.1 Å². The molecule has 0 amide bonds. The number of piperidine rings is 1. The number of allylic oxidation sites excluding steroid dienone is 1. The van der Waals surface area contributed by atoms with E-state index in [9.17, 15) is 8.78 Å². The molecule has 3 aliphatic rings. The number of alkyl halides is 2. The van der Waals surface area contributed by atoms with Gasteiger partial charge in [-0.2, -0.15) is 5.10 Å². The number of halogens is 2. The first-order valence-electron chi connectivity index (χ1n) is 11.4. The number of aromatic nitrogens is 2. The molecule has 4 heterocycles. The molecule has 1 saturated heterocycles. The molecule has 0 saturated carbocycles. The van der Waals surface area contributed by atoms with Crippen LogP contribution in [-0.4, -0.2) is 36.0 Å². The quantitative estimate of drug-likeness (QED) is 0.754. The Labute approximate surface area is 182 Å². The van der Waals surface area contributed by atoms with Crippen molar-refractivity contribution in [1.82, 2.24) is 20.4 Å². The third-order valence-electron chi connectivity index (χ3n) is 6.91. The van der Waals surface area contributed by atoms with E-state index in [4.69, 9.17) is 5.10 Å². The van der Waals surface area contributed by atoms with Crippen LogP contribution in [0.1, 0.15) is 66.6 Å². The first-order chi connectivity index (χ1) is 15.0. The van der Waals surface area contributed by atoms with E-state index in [1.165, 1.54) is 11.3 Å². The predicted molar refractivity (Wildman–Crippen MR) is 120 cm³/mol. The number of benzene rings is 1. The monoisotopic (exact) mass is 427 g/mol. The smallest absolute Gasteiger partial charge is 0.264 e. The van der Waals surface area contributed by atoms with Gasteiger partial charge in [0.25, 0.3) is 6.43 Å². The lowest BCUT2D eigenvalue weighted by Gasteiger charge is -2.32. The molecule has 1 aromatic carbocycles. The van der Waals surface area contributed by atoms with Gasteiger partial charge in [-0.05, 0) is 69.0 Å². The lowest BCUT2D eigenvalue weighted by molar-refractivity contribution is 0.151. The lowest BCUT2D eigenvalue weighted by atomic mass is 9.92. The summed E-state index contributed by atoms with van der Waals surface area (Å²) in [4.78, 5) is 2.19. The number of nitrogens with one attached hydrogen (secondary N) is 2. The van der Waals surface area contributed by atoms with Crippen LogP contribution in [-0.2, 0) is 19.4 Å². The Hall–Kier alpha value is -2.25. The molecule has 2 aromatic rings. The van der Waals surface area contributed by atoms with Crippen molar-refractivity contribution in [3.8, 4) is 0 Å². The van der Waals surface area contributed by atoms with E-state index in [-0.39, 0.29) is 5.56 Å². The van der Waals surface area contributed by atoms with Gasteiger partial charge in [-0.1, -0.05) is 12.2 Å². The molecule has 5 rings (SSSR count). The molecule has 1 aromatic heterocycles. The summed E-state index contributed by atoms with van der Waals surface area (Å²) in [6.45, 7) is 10.3. The zero-order valence-corrected chi connectivity index (χ0v) is 18.2. The molecule has 0 aliphatic carbocycles. The minimum absolute atomic E-state index is 0.0722. The van der Waals surface area contributed by atoms with Crippen LogP contribution in [0.25, 0.3) is 5.57 Å². The maximum Gasteiger partial charge on any atom is 0.264 e. The average Bonchev–Trinajstić information content (AvgIpc) is 3.18. The average molecular weight is 428 g/mol.